The number of carbonyl (C=O) groups excluding carboxylic acids is 2. The number of rotatable bonds is 10. The topological polar surface area (TPSA) is 119 Å². The molecule has 2 aliphatic heterocycles. The van der Waals surface area contributed by atoms with Gasteiger partial charge >= 0.3 is 0 Å². The fourth-order valence-electron chi connectivity index (χ4n) is 7.04. The molecule has 4 aromatic rings. The monoisotopic (exact) mass is 643 g/mol. The third-order valence-corrected chi connectivity index (χ3v) is 11.5. The van der Waals surface area contributed by atoms with Gasteiger partial charge in [-0.3, -0.25) is 19.2 Å². The van der Waals surface area contributed by atoms with E-state index in [2.05, 4.69) is 15.6 Å². The Kier molecular flexibility index (Phi) is 8.53. The fourth-order valence-corrected chi connectivity index (χ4v) is 9.58. The van der Waals surface area contributed by atoms with Gasteiger partial charge in [0.05, 0.1) is 24.6 Å². The van der Waals surface area contributed by atoms with Crippen LogP contribution in [-0.2, 0) is 28.1 Å². The SMILES string of the molecule is COc1ccc(C(=O)Nc2ccc3c(c2)[C@@]2(O[C@H](CCn4cc(CCO)nn4)[C@@H]([Si](C)(C)F)[C@@H]2C)C(=O)N3c2ccccc2)cc1. The molecule has 0 bridgehead atoms. The number of aryl methyl sites for hydroxylation is 1. The summed E-state index contributed by atoms with van der Waals surface area (Å²) >= 11 is 0. The first-order valence-corrected chi connectivity index (χ1v) is 18.4. The molecule has 0 saturated carbocycles. The van der Waals surface area contributed by atoms with Gasteiger partial charge in [0.1, 0.15) is 5.75 Å². The van der Waals surface area contributed by atoms with Crippen molar-refractivity contribution < 1.29 is 28.3 Å². The number of aliphatic hydroxyl groups is 1. The second-order valence-corrected chi connectivity index (χ2v) is 16.2. The number of carbonyl (C=O) groups is 2. The third-order valence-electron chi connectivity index (χ3n) is 9.09. The van der Waals surface area contributed by atoms with Gasteiger partial charge in [0, 0.05) is 59.7 Å². The number of halogens is 1. The van der Waals surface area contributed by atoms with Crippen LogP contribution >= 0.6 is 0 Å². The van der Waals surface area contributed by atoms with Crippen LogP contribution in [0.2, 0.25) is 18.6 Å². The van der Waals surface area contributed by atoms with Crippen LogP contribution in [0.4, 0.5) is 21.2 Å². The largest absolute Gasteiger partial charge is 0.497 e. The van der Waals surface area contributed by atoms with Crippen LogP contribution in [0.25, 0.3) is 0 Å². The molecule has 240 valence electrons. The average Bonchev–Trinajstić information content (AvgIpc) is 3.69. The molecule has 1 fully saturated rings. The zero-order valence-electron chi connectivity index (χ0n) is 26.3. The minimum atomic E-state index is -3.39. The summed E-state index contributed by atoms with van der Waals surface area (Å²) in [4.78, 5) is 29.6. The average molecular weight is 644 g/mol. The van der Waals surface area contributed by atoms with Crippen LogP contribution in [0.15, 0.2) is 79.0 Å². The Morgan fingerprint density at radius 1 is 1.13 bits per heavy atom. The molecule has 3 aromatic carbocycles. The number of hydrogen-bond acceptors (Lipinski definition) is 7. The molecular formula is C34H38FN5O5Si. The molecule has 3 heterocycles. The molecule has 0 radical (unpaired) electrons. The van der Waals surface area contributed by atoms with Gasteiger partial charge in [-0.2, -0.15) is 0 Å². The van der Waals surface area contributed by atoms with Crippen LogP contribution in [0, 0.1) is 5.92 Å². The predicted molar refractivity (Wildman–Crippen MR) is 174 cm³/mol. The summed E-state index contributed by atoms with van der Waals surface area (Å²) in [6.07, 6.45) is 2.01. The van der Waals surface area contributed by atoms with Crippen LogP contribution in [0.1, 0.15) is 35.0 Å². The maximum atomic E-state index is 16.3. The molecule has 2 amide bonds. The van der Waals surface area contributed by atoms with Crippen LogP contribution in [0.5, 0.6) is 5.75 Å². The van der Waals surface area contributed by atoms with Gasteiger partial charge in [0.25, 0.3) is 11.8 Å². The molecule has 2 aliphatic rings. The second-order valence-electron chi connectivity index (χ2n) is 12.4. The number of anilines is 3. The van der Waals surface area contributed by atoms with Gasteiger partial charge in [-0.25, -0.2) is 0 Å². The van der Waals surface area contributed by atoms with Gasteiger partial charge in [0.15, 0.2) is 5.60 Å². The number of nitrogens with zero attached hydrogens (tertiary/aromatic N) is 4. The van der Waals surface area contributed by atoms with E-state index in [1.807, 2.05) is 43.3 Å². The van der Waals surface area contributed by atoms with Crippen molar-refractivity contribution in [2.24, 2.45) is 5.92 Å². The van der Waals surface area contributed by atoms with E-state index >= 15 is 4.11 Å². The van der Waals surface area contributed by atoms with Crippen molar-refractivity contribution in [3.8, 4) is 5.75 Å². The molecule has 12 heteroatoms. The summed E-state index contributed by atoms with van der Waals surface area (Å²) in [5.74, 6) is -0.461. The molecule has 1 spiro atoms. The summed E-state index contributed by atoms with van der Waals surface area (Å²) in [7, 11) is -1.83. The lowest BCUT2D eigenvalue weighted by molar-refractivity contribution is -0.145. The number of amides is 2. The van der Waals surface area contributed by atoms with Gasteiger partial charge < -0.3 is 24.0 Å². The van der Waals surface area contributed by atoms with E-state index in [4.69, 9.17) is 9.47 Å². The lowest BCUT2D eigenvalue weighted by Crippen LogP contribution is -2.44. The Labute approximate surface area is 268 Å². The molecule has 0 unspecified atom stereocenters. The Hall–Kier alpha value is -4.39. The Balaban J connectivity index is 1.38. The van der Waals surface area contributed by atoms with Crippen molar-refractivity contribution in [1.29, 1.82) is 0 Å². The number of aromatic nitrogens is 3. The van der Waals surface area contributed by atoms with Gasteiger partial charge in [0.2, 0.25) is 8.41 Å². The van der Waals surface area contributed by atoms with Crippen LogP contribution in [-0.4, -0.2) is 60.1 Å². The van der Waals surface area contributed by atoms with Crippen molar-refractivity contribution >= 4 is 37.3 Å². The zero-order chi connectivity index (χ0) is 32.6. The molecule has 1 saturated heterocycles. The maximum Gasteiger partial charge on any atom is 0.268 e. The highest BCUT2D eigenvalue weighted by Gasteiger charge is 2.67. The number of hydrogen-bond donors (Lipinski definition) is 2. The first-order chi connectivity index (χ1) is 22.1. The smallest absolute Gasteiger partial charge is 0.268 e. The fraction of sp³-hybridized carbons (Fsp3) is 0.353. The summed E-state index contributed by atoms with van der Waals surface area (Å²) in [6, 6.07) is 21.5. The van der Waals surface area contributed by atoms with E-state index in [9.17, 15) is 14.7 Å². The summed E-state index contributed by atoms with van der Waals surface area (Å²) in [5.41, 5.74) is 1.54. The number of para-hydroxylation sites is 1. The van der Waals surface area contributed by atoms with Crippen molar-refractivity contribution in [3.05, 3.63) is 95.8 Å². The highest BCUT2D eigenvalue weighted by Crippen LogP contribution is 2.61. The Morgan fingerprint density at radius 2 is 1.87 bits per heavy atom. The van der Waals surface area contributed by atoms with E-state index in [0.717, 1.165) is 0 Å². The summed E-state index contributed by atoms with van der Waals surface area (Å²) < 4.78 is 30.0. The second kappa shape index (κ2) is 12.4. The van der Waals surface area contributed by atoms with Gasteiger partial charge in [-0.1, -0.05) is 30.3 Å². The van der Waals surface area contributed by atoms with Crippen LogP contribution < -0.4 is 15.0 Å². The molecule has 1 aromatic heterocycles. The first-order valence-electron chi connectivity index (χ1n) is 15.4. The number of benzene rings is 3. The van der Waals surface area contributed by atoms with E-state index < -0.39 is 31.6 Å². The minimum absolute atomic E-state index is 0.0316. The number of ether oxygens (including phenoxy) is 2. The van der Waals surface area contributed by atoms with Crippen LogP contribution in [0.3, 0.4) is 0 Å². The van der Waals surface area contributed by atoms with Crippen molar-refractivity contribution in [2.75, 3.05) is 23.9 Å². The Morgan fingerprint density at radius 3 is 2.54 bits per heavy atom. The van der Waals surface area contributed by atoms with E-state index in [1.54, 1.807) is 72.4 Å². The molecule has 4 atom stereocenters. The Bertz CT molecular complexity index is 1730. The highest BCUT2D eigenvalue weighted by atomic mass is 28.4. The highest BCUT2D eigenvalue weighted by molar-refractivity contribution is 6.72. The molecule has 10 nitrogen and oxygen atoms in total. The summed E-state index contributed by atoms with van der Waals surface area (Å²) in [6.45, 7) is 5.62. The van der Waals surface area contributed by atoms with Gasteiger partial charge in [-0.15, -0.1) is 5.10 Å². The number of fused-ring (bicyclic) bond motifs is 2. The lowest BCUT2D eigenvalue weighted by Gasteiger charge is -2.31. The van der Waals surface area contributed by atoms with Crippen molar-refractivity contribution in [1.82, 2.24) is 15.0 Å². The third kappa shape index (κ3) is 5.61. The maximum absolute atomic E-state index is 16.3. The van der Waals surface area contributed by atoms with E-state index in [0.29, 0.717) is 59.0 Å². The van der Waals surface area contributed by atoms with E-state index in [1.165, 1.54) is 0 Å². The quantitative estimate of drug-likeness (QED) is 0.170. The molecule has 2 N–H and O–H groups in total. The van der Waals surface area contributed by atoms with Crippen molar-refractivity contribution in [3.63, 3.8) is 0 Å². The van der Waals surface area contributed by atoms with Crippen molar-refractivity contribution in [2.45, 2.75) is 56.7 Å². The number of aliphatic hydroxyl groups excluding tert-OH is 1. The summed E-state index contributed by atoms with van der Waals surface area (Å²) in [5, 5.41) is 20.5. The number of methoxy groups -OCH3 is 1. The molecule has 6 rings (SSSR count). The first kappa shape index (κ1) is 31.6. The molecule has 46 heavy (non-hydrogen) atoms. The van der Waals surface area contributed by atoms with E-state index in [-0.39, 0.29) is 18.4 Å². The standard InChI is InChI=1S/C34H38FN5O5Si/c1-22-31(46(3,4)35)30(16-18-39-21-25(17-19-41)37-38-39)45-34(22)28-20-24(36-32(42)23-10-13-27(44-2)14-11-23)12-15-29(28)40(33(34)43)26-8-6-5-7-9-26/h5-15,20-22,30-31,41H,16-19H2,1-4H3,(H,36,42)/t22-,30+,31-,34+/m0/s1. The lowest BCUT2D eigenvalue weighted by atomic mass is 9.82. The zero-order valence-corrected chi connectivity index (χ0v) is 27.3. The van der Waals surface area contributed by atoms with Gasteiger partial charge in [-0.05, 0) is 74.1 Å². The predicted octanol–water partition coefficient (Wildman–Crippen LogP) is 5.62. The normalized spacial score (nSPS) is 22.3. The molecular weight excluding hydrogens is 605 g/mol. The molecule has 0 aliphatic carbocycles. The number of nitrogens with one attached hydrogen (secondary N) is 1. The minimum Gasteiger partial charge on any atom is -0.497 e.